The van der Waals surface area contributed by atoms with Crippen LogP contribution in [0.15, 0.2) is 30.6 Å². The Morgan fingerprint density at radius 3 is 2.91 bits per heavy atom. The van der Waals surface area contributed by atoms with E-state index >= 15 is 0 Å². The Bertz CT molecular complexity index is 680. The van der Waals surface area contributed by atoms with Gasteiger partial charge in [-0.3, -0.25) is 14.5 Å². The van der Waals surface area contributed by atoms with E-state index in [0.717, 1.165) is 24.3 Å². The zero-order valence-corrected chi connectivity index (χ0v) is 13.9. The summed E-state index contributed by atoms with van der Waals surface area (Å²) in [4.78, 5) is 19.2. The van der Waals surface area contributed by atoms with Gasteiger partial charge in [-0.05, 0) is 23.6 Å². The molecule has 1 fully saturated rings. The fraction of sp³-hybridized carbons (Fsp3) is 0.471. The molecule has 2 aromatic rings. The molecule has 0 aliphatic carbocycles. The topological polar surface area (TPSA) is 63.1 Å². The Balaban J connectivity index is 1.90. The molecule has 1 unspecified atom stereocenters. The Morgan fingerprint density at radius 2 is 2.26 bits per heavy atom. The molecular weight excluding hydrogens is 290 g/mol. The minimum absolute atomic E-state index is 0.00218. The molecule has 3 heterocycles. The smallest absolute Gasteiger partial charge is 0.272 e. The van der Waals surface area contributed by atoms with Gasteiger partial charge < -0.3 is 10.2 Å². The predicted octanol–water partition coefficient (Wildman–Crippen LogP) is 1.73. The average Bonchev–Trinajstić information content (AvgIpc) is 2.97. The maximum Gasteiger partial charge on any atom is 0.272 e. The number of aromatic nitrogens is 3. The summed E-state index contributed by atoms with van der Waals surface area (Å²) in [6, 6.07) is 5.85. The number of nitrogens with one attached hydrogen (secondary N) is 1. The number of nitrogens with zero attached hydrogens (tertiary/aromatic N) is 4. The van der Waals surface area contributed by atoms with Crippen LogP contribution in [0.3, 0.4) is 0 Å². The second-order valence-corrected chi connectivity index (χ2v) is 6.24. The SMILES string of the molecule is CC(C)c1cc(C(=O)N2CCNCC2c2cccnc2)n(C)n1. The van der Waals surface area contributed by atoms with Crippen LogP contribution in [0.25, 0.3) is 0 Å². The molecular formula is C17H23N5O. The van der Waals surface area contributed by atoms with Gasteiger partial charge in [0.2, 0.25) is 0 Å². The molecule has 1 aliphatic heterocycles. The van der Waals surface area contributed by atoms with Crippen molar-refractivity contribution >= 4 is 5.91 Å². The lowest BCUT2D eigenvalue weighted by atomic mass is 10.0. The third kappa shape index (κ3) is 3.12. The maximum absolute atomic E-state index is 13.1. The predicted molar refractivity (Wildman–Crippen MR) is 88.2 cm³/mol. The molecule has 3 rings (SSSR count). The van der Waals surface area contributed by atoms with E-state index in [2.05, 4.69) is 29.2 Å². The van der Waals surface area contributed by atoms with Crippen LogP contribution in [-0.2, 0) is 7.05 Å². The summed E-state index contributed by atoms with van der Waals surface area (Å²) in [6.07, 6.45) is 3.59. The third-order valence-corrected chi connectivity index (χ3v) is 4.28. The summed E-state index contributed by atoms with van der Waals surface area (Å²) in [5.41, 5.74) is 2.65. The van der Waals surface area contributed by atoms with Gasteiger partial charge in [0.05, 0.1) is 11.7 Å². The fourth-order valence-electron chi connectivity index (χ4n) is 2.94. The fourth-order valence-corrected chi connectivity index (χ4v) is 2.94. The van der Waals surface area contributed by atoms with Crippen molar-refractivity contribution in [2.75, 3.05) is 19.6 Å². The number of hydrogen-bond donors (Lipinski definition) is 1. The van der Waals surface area contributed by atoms with Crippen LogP contribution in [-0.4, -0.2) is 45.2 Å². The summed E-state index contributed by atoms with van der Waals surface area (Å²) in [5, 5.41) is 7.83. The normalized spacial score (nSPS) is 18.4. The van der Waals surface area contributed by atoms with Gasteiger partial charge in [-0.15, -0.1) is 0 Å². The number of rotatable bonds is 3. The monoisotopic (exact) mass is 313 g/mol. The lowest BCUT2D eigenvalue weighted by Crippen LogP contribution is -2.49. The van der Waals surface area contributed by atoms with Crippen LogP contribution in [0.4, 0.5) is 0 Å². The second-order valence-electron chi connectivity index (χ2n) is 6.24. The molecule has 0 bridgehead atoms. The van der Waals surface area contributed by atoms with Crippen molar-refractivity contribution in [1.29, 1.82) is 0 Å². The minimum atomic E-state index is 0.00218. The minimum Gasteiger partial charge on any atom is -0.328 e. The lowest BCUT2D eigenvalue weighted by molar-refractivity contribution is 0.0622. The largest absolute Gasteiger partial charge is 0.328 e. The van der Waals surface area contributed by atoms with E-state index in [0.29, 0.717) is 18.2 Å². The second kappa shape index (κ2) is 6.50. The van der Waals surface area contributed by atoms with Crippen molar-refractivity contribution in [3.63, 3.8) is 0 Å². The van der Waals surface area contributed by atoms with Gasteiger partial charge in [-0.1, -0.05) is 19.9 Å². The number of carbonyl (C=O) groups is 1. The first-order valence-corrected chi connectivity index (χ1v) is 8.03. The molecule has 6 nitrogen and oxygen atoms in total. The van der Waals surface area contributed by atoms with Crippen molar-refractivity contribution in [3.05, 3.63) is 47.5 Å². The van der Waals surface area contributed by atoms with Gasteiger partial charge in [0.15, 0.2) is 0 Å². The highest BCUT2D eigenvalue weighted by Crippen LogP contribution is 2.24. The number of aryl methyl sites for hydroxylation is 1. The van der Waals surface area contributed by atoms with E-state index in [4.69, 9.17) is 0 Å². The molecule has 122 valence electrons. The van der Waals surface area contributed by atoms with Crippen molar-refractivity contribution in [2.24, 2.45) is 7.05 Å². The zero-order chi connectivity index (χ0) is 16.4. The Kier molecular flexibility index (Phi) is 4.43. The molecule has 0 spiro atoms. The van der Waals surface area contributed by atoms with Crippen LogP contribution >= 0.6 is 0 Å². The highest BCUT2D eigenvalue weighted by atomic mass is 16.2. The maximum atomic E-state index is 13.1. The molecule has 1 amide bonds. The summed E-state index contributed by atoms with van der Waals surface area (Å²) in [6.45, 7) is 6.39. The van der Waals surface area contributed by atoms with Crippen LogP contribution in [0.5, 0.6) is 0 Å². The van der Waals surface area contributed by atoms with Gasteiger partial charge >= 0.3 is 0 Å². The van der Waals surface area contributed by atoms with Crippen LogP contribution in [0.1, 0.15) is 47.6 Å². The summed E-state index contributed by atoms with van der Waals surface area (Å²) >= 11 is 0. The first-order valence-electron chi connectivity index (χ1n) is 8.03. The lowest BCUT2D eigenvalue weighted by Gasteiger charge is -2.36. The molecule has 6 heteroatoms. The van der Waals surface area contributed by atoms with Gasteiger partial charge in [0.1, 0.15) is 5.69 Å². The molecule has 2 aromatic heterocycles. The van der Waals surface area contributed by atoms with Crippen molar-refractivity contribution in [1.82, 2.24) is 25.0 Å². The zero-order valence-electron chi connectivity index (χ0n) is 13.9. The Labute approximate surface area is 136 Å². The van der Waals surface area contributed by atoms with Crippen molar-refractivity contribution in [3.8, 4) is 0 Å². The highest BCUT2D eigenvalue weighted by molar-refractivity contribution is 5.93. The van der Waals surface area contributed by atoms with E-state index in [1.165, 1.54) is 0 Å². The molecule has 0 radical (unpaired) electrons. The summed E-state index contributed by atoms with van der Waals surface area (Å²) < 4.78 is 1.69. The molecule has 1 saturated heterocycles. The molecule has 1 aliphatic rings. The standard InChI is InChI=1S/C17H23N5O/c1-12(2)14-9-15(21(3)20-14)17(23)22-8-7-19-11-16(22)13-5-4-6-18-10-13/h4-6,9-10,12,16,19H,7-8,11H2,1-3H3. The van der Waals surface area contributed by atoms with Crippen LogP contribution in [0, 0.1) is 0 Å². The van der Waals surface area contributed by atoms with Crippen LogP contribution in [0.2, 0.25) is 0 Å². The molecule has 1 N–H and O–H groups in total. The van der Waals surface area contributed by atoms with Crippen LogP contribution < -0.4 is 5.32 Å². The van der Waals surface area contributed by atoms with Gasteiger partial charge in [0, 0.05) is 39.1 Å². The number of carbonyl (C=O) groups excluding carboxylic acids is 1. The van der Waals surface area contributed by atoms with Crippen molar-refractivity contribution < 1.29 is 4.79 Å². The van der Waals surface area contributed by atoms with E-state index in [1.54, 1.807) is 10.9 Å². The number of hydrogen-bond acceptors (Lipinski definition) is 4. The van der Waals surface area contributed by atoms with E-state index in [1.807, 2.05) is 36.3 Å². The van der Waals surface area contributed by atoms with Gasteiger partial charge in [-0.2, -0.15) is 5.10 Å². The summed E-state index contributed by atoms with van der Waals surface area (Å²) in [5.74, 6) is 0.335. The molecule has 23 heavy (non-hydrogen) atoms. The molecule has 0 aromatic carbocycles. The quantitative estimate of drug-likeness (QED) is 0.937. The van der Waals surface area contributed by atoms with Gasteiger partial charge in [-0.25, -0.2) is 0 Å². The average molecular weight is 313 g/mol. The van der Waals surface area contributed by atoms with E-state index in [9.17, 15) is 4.79 Å². The van der Waals surface area contributed by atoms with Crippen molar-refractivity contribution in [2.45, 2.75) is 25.8 Å². The first-order chi connectivity index (χ1) is 11.1. The number of piperazine rings is 1. The molecule has 0 saturated carbocycles. The summed E-state index contributed by atoms with van der Waals surface area (Å²) in [7, 11) is 1.83. The van der Waals surface area contributed by atoms with E-state index in [-0.39, 0.29) is 11.9 Å². The first kappa shape index (κ1) is 15.7. The Morgan fingerprint density at radius 1 is 1.43 bits per heavy atom. The number of pyridine rings is 1. The number of amides is 1. The van der Waals surface area contributed by atoms with Gasteiger partial charge in [0.25, 0.3) is 5.91 Å². The Hall–Kier alpha value is -2.21. The van der Waals surface area contributed by atoms with E-state index < -0.39 is 0 Å². The molecule has 1 atom stereocenters. The third-order valence-electron chi connectivity index (χ3n) is 4.28. The highest BCUT2D eigenvalue weighted by Gasteiger charge is 2.30.